The third kappa shape index (κ3) is 5.87. The molecule has 1 fully saturated rings. The molecule has 0 radical (unpaired) electrons. The second-order valence-corrected chi connectivity index (χ2v) is 9.17. The minimum atomic E-state index is -0.369. The van der Waals surface area contributed by atoms with Gasteiger partial charge in [0.1, 0.15) is 6.54 Å². The normalized spacial score (nSPS) is 17.7. The van der Waals surface area contributed by atoms with E-state index >= 15 is 0 Å². The van der Waals surface area contributed by atoms with Crippen molar-refractivity contribution in [2.45, 2.75) is 45.6 Å². The summed E-state index contributed by atoms with van der Waals surface area (Å²) < 4.78 is 0. The number of amides is 2. The lowest BCUT2D eigenvalue weighted by atomic mass is 9.84. The predicted octanol–water partition coefficient (Wildman–Crippen LogP) is 2.45. The maximum atomic E-state index is 12.8. The molecule has 0 spiro atoms. The fraction of sp³-hybridized carbons (Fsp3) is 0.667. The van der Waals surface area contributed by atoms with Crippen LogP contribution in [0.1, 0.15) is 43.0 Å². The van der Waals surface area contributed by atoms with Crippen molar-refractivity contribution in [2.75, 3.05) is 40.3 Å². The monoisotopic (exact) mass is 547 g/mol. The van der Waals surface area contributed by atoms with Crippen LogP contribution in [0.15, 0.2) is 16.4 Å². The van der Waals surface area contributed by atoms with Crippen LogP contribution < -0.4 is 10.6 Å². The van der Waals surface area contributed by atoms with Gasteiger partial charge < -0.3 is 20.4 Å². The predicted molar refractivity (Wildman–Crippen MR) is 132 cm³/mol. The van der Waals surface area contributed by atoms with Crippen molar-refractivity contribution < 1.29 is 9.59 Å². The Hall–Kier alpha value is -1.36. The molecule has 0 bridgehead atoms. The van der Waals surface area contributed by atoms with Gasteiger partial charge in [0.25, 0.3) is 0 Å². The molecular weight excluding hydrogens is 513 g/mol. The Morgan fingerprint density at radius 3 is 2.67 bits per heavy atom. The van der Waals surface area contributed by atoms with Crippen LogP contribution in [0.4, 0.5) is 0 Å². The average molecular weight is 548 g/mol. The maximum absolute atomic E-state index is 12.8. The Morgan fingerprint density at radius 2 is 2.00 bits per heavy atom. The molecule has 1 aliphatic carbocycles. The molecule has 1 aromatic rings. The van der Waals surface area contributed by atoms with E-state index in [1.165, 1.54) is 10.4 Å². The summed E-state index contributed by atoms with van der Waals surface area (Å²) in [4.78, 5) is 34.9. The molecule has 168 valence electrons. The molecule has 1 aliphatic heterocycles. The molecule has 3 rings (SSSR count). The minimum absolute atomic E-state index is 0. The molecule has 2 aliphatic rings. The van der Waals surface area contributed by atoms with E-state index in [9.17, 15) is 9.59 Å². The number of nitrogens with zero attached hydrogens (tertiary/aromatic N) is 3. The van der Waals surface area contributed by atoms with Gasteiger partial charge in [-0.05, 0) is 43.2 Å². The first-order valence-electron chi connectivity index (χ1n) is 10.5. The van der Waals surface area contributed by atoms with Crippen molar-refractivity contribution in [3.8, 4) is 0 Å². The summed E-state index contributed by atoms with van der Waals surface area (Å²) in [6, 6.07) is 2.11. The van der Waals surface area contributed by atoms with Crippen molar-refractivity contribution in [1.82, 2.24) is 20.4 Å². The highest BCUT2D eigenvalue weighted by molar-refractivity contribution is 14.0. The second-order valence-electron chi connectivity index (χ2n) is 8.17. The van der Waals surface area contributed by atoms with Crippen LogP contribution in [0.5, 0.6) is 0 Å². The number of carbonyl (C=O) groups is 2. The van der Waals surface area contributed by atoms with Crippen molar-refractivity contribution in [2.24, 2.45) is 10.4 Å². The number of aliphatic imine (C=N–C) groups is 1. The van der Waals surface area contributed by atoms with Crippen LogP contribution in [-0.4, -0.2) is 67.8 Å². The molecule has 2 N–H and O–H groups in total. The largest absolute Gasteiger partial charge is 0.357 e. The number of fused-ring (bicyclic) bond motifs is 1. The minimum Gasteiger partial charge on any atom is -0.357 e. The molecule has 30 heavy (non-hydrogen) atoms. The summed E-state index contributed by atoms with van der Waals surface area (Å²) in [6.07, 6.45) is 4.87. The summed E-state index contributed by atoms with van der Waals surface area (Å²) >= 11 is 1.77. The van der Waals surface area contributed by atoms with Crippen LogP contribution in [0.2, 0.25) is 0 Å². The van der Waals surface area contributed by atoms with Gasteiger partial charge in [0.15, 0.2) is 5.96 Å². The smallest absolute Gasteiger partial charge is 0.244 e. The van der Waals surface area contributed by atoms with Gasteiger partial charge >= 0.3 is 0 Å². The van der Waals surface area contributed by atoms with Gasteiger partial charge in [-0.2, -0.15) is 0 Å². The first kappa shape index (κ1) is 24.9. The number of guanidine groups is 1. The van der Waals surface area contributed by atoms with Gasteiger partial charge in [-0.3, -0.25) is 9.59 Å². The molecule has 1 saturated carbocycles. The molecule has 1 aromatic heterocycles. The summed E-state index contributed by atoms with van der Waals surface area (Å²) in [5.41, 5.74) is 0.889. The first-order valence-corrected chi connectivity index (χ1v) is 11.4. The molecule has 0 atom stereocenters. The van der Waals surface area contributed by atoms with E-state index in [4.69, 9.17) is 0 Å². The van der Waals surface area contributed by atoms with Crippen molar-refractivity contribution >= 4 is 53.1 Å². The van der Waals surface area contributed by atoms with Gasteiger partial charge in [-0.15, -0.1) is 35.3 Å². The fourth-order valence-corrected chi connectivity index (χ4v) is 5.18. The Labute approximate surface area is 200 Å². The van der Waals surface area contributed by atoms with E-state index in [1.54, 1.807) is 16.2 Å². The number of nitrogens with one attached hydrogen (secondary N) is 2. The zero-order chi connectivity index (χ0) is 20.9. The summed E-state index contributed by atoms with van der Waals surface area (Å²) in [5.74, 6) is 0.820. The van der Waals surface area contributed by atoms with Gasteiger partial charge in [0.05, 0.1) is 5.41 Å². The van der Waals surface area contributed by atoms with E-state index < -0.39 is 0 Å². The van der Waals surface area contributed by atoms with E-state index in [2.05, 4.69) is 27.1 Å². The molecule has 0 saturated heterocycles. The first-order chi connectivity index (χ1) is 13.9. The highest BCUT2D eigenvalue weighted by Gasteiger charge is 2.42. The summed E-state index contributed by atoms with van der Waals surface area (Å²) in [6.45, 7) is 4.80. The topological polar surface area (TPSA) is 77.0 Å². The van der Waals surface area contributed by atoms with Gasteiger partial charge in [-0.1, -0.05) is 12.8 Å². The highest BCUT2D eigenvalue weighted by Crippen LogP contribution is 2.38. The van der Waals surface area contributed by atoms with Crippen LogP contribution in [0.3, 0.4) is 0 Å². The zero-order valence-electron chi connectivity index (χ0n) is 18.2. The maximum Gasteiger partial charge on any atom is 0.244 e. The van der Waals surface area contributed by atoms with Crippen LogP contribution >= 0.6 is 35.3 Å². The lowest BCUT2D eigenvalue weighted by Crippen LogP contribution is -2.49. The van der Waals surface area contributed by atoms with Gasteiger partial charge in [-0.25, -0.2) is 4.99 Å². The molecule has 2 amide bonds. The summed E-state index contributed by atoms with van der Waals surface area (Å²) in [5, 5.41) is 8.63. The summed E-state index contributed by atoms with van der Waals surface area (Å²) in [7, 11) is 3.63. The molecule has 0 unspecified atom stereocenters. The molecule has 0 aromatic carbocycles. The molecule has 9 heteroatoms. The van der Waals surface area contributed by atoms with Gasteiger partial charge in [0, 0.05) is 45.2 Å². The van der Waals surface area contributed by atoms with E-state index in [-0.39, 0.29) is 47.8 Å². The Balaban J connectivity index is 0.00000320. The molecular formula is C21H34IN5O2S. The number of hydrogen-bond donors (Lipinski definition) is 2. The second kappa shape index (κ2) is 11.3. The third-order valence-electron chi connectivity index (χ3n) is 5.89. The van der Waals surface area contributed by atoms with Crippen LogP contribution in [-0.2, 0) is 22.6 Å². The number of halogens is 1. The van der Waals surface area contributed by atoms with Crippen LogP contribution in [0.25, 0.3) is 0 Å². The Morgan fingerprint density at radius 1 is 1.27 bits per heavy atom. The van der Waals surface area contributed by atoms with E-state index in [1.807, 2.05) is 25.9 Å². The third-order valence-corrected chi connectivity index (χ3v) is 6.91. The van der Waals surface area contributed by atoms with Gasteiger partial charge in [0.2, 0.25) is 11.8 Å². The zero-order valence-corrected chi connectivity index (χ0v) is 21.3. The quantitative estimate of drug-likeness (QED) is 0.326. The number of hydrogen-bond acceptors (Lipinski definition) is 4. The van der Waals surface area contributed by atoms with Crippen LogP contribution in [0, 0.1) is 5.41 Å². The Kier molecular flexibility index (Phi) is 9.39. The number of rotatable bonds is 6. The lowest BCUT2D eigenvalue weighted by molar-refractivity contribution is -0.139. The van der Waals surface area contributed by atoms with Crippen molar-refractivity contribution in [1.29, 1.82) is 0 Å². The number of thiophene rings is 1. The Bertz CT molecular complexity index is 758. The number of carbonyl (C=O) groups excluding carboxylic acids is 2. The lowest BCUT2D eigenvalue weighted by Gasteiger charge is -2.31. The van der Waals surface area contributed by atoms with Crippen molar-refractivity contribution in [3.63, 3.8) is 0 Å². The average Bonchev–Trinajstić information content (AvgIpc) is 3.38. The highest BCUT2D eigenvalue weighted by atomic mass is 127. The molecule has 7 nitrogen and oxygen atoms in total. The fourth-order valence-electron chi connectivity index (χ4n) is 4.30. The standard InChI is InChI=1S/C21H33N5O2S.HI/c1-4-22-20(24-15-21(9-5-6-10-21)19(28)25(2)3)23-13-18(27)26-11-7-17-16(14-26)8-12-29-17;/h8,12H,4-7,9-11,13-15H2,1-3H3,(H2,22,23,24);1H. The molecule has 2 heterocycles. The SMILES string of the molecule is CCNC(=NCC(=O)N1CCc2sccc2C1)NCC1(C(=O)N(C)C)CCCC1.I. The van der Waals surface area contributed by atoms with Crippen molar-refractivity contribution in [3.05, 3.63) is 21.9 Å². The van der Waals surface area contributed by atoms with E-state index in [0.29, 0.717) is 25.6 Å². The van der Waals surface area contributed by atoms with E-state index in [0.717, 1.165) is 38.6 Å².